The molecule has 0 heteroatoms. The van der Waals surface area contributed by atoms with E-state index < -0.39 is 0 Å². The smallest absolute Gasteiger partial charge is 0.0215 e. The lowest BCUT2D eigenvalue weighted by Gasteiger charge is -2.34. The molecule has 0 N–H and O–H groups in total. The standard InChI is InChI=1S/C76H90/c1-5-9-13-17-21-29-47-75(48-30-22-18-14-10-6-2)65-41-33-35-55-43-45-57-51-59(53-67(75)73(57)71(55)65)69-61-37-25-27-39-63(61)70(64-40-28-26-38-62(64)69)60-52-58-46-44-56-36-34-42-66-72(56)74(58)68(54-60)76(66,49-31-23-19-15-11-7-3)50-32-24-20-16-12-8-4/h25-28,33-46,51-54H,5-24,29-32,47-50H2,1-4H3. The monoisotopic (exact) mass is 1000 g/mol. The molecular formula is C76H90. The molecule has 0 nitrogen and oxygen atoms in total. The van der Waals surface area contributed by atoms with Gasteiger partial charge in [-0.15, -0.1) is 0 Å². The molecule has 0 saturated carbocycles. The average Bonchev–Trinajstić information content (AvgIpc) is 3.96. The zero-order valence-corrected chi connectivity index (χ0v) is 47.5. The highest BCUT2D eigenvalue weighted by Crippen LogP contribution is 2.58. The zero-order valence-electron chi connectivity index (χ0n) is 47.5. The van der Waals surface area contributed by atoms with Gasteiger partial charge in [-0.2, -0.15) is 0 Å². The normalized spacial score (nSPS) is 14.2. The van der Waals surface area contributed by atoms with Crippen LogP contribution in [0.1, 0.15) is 230 Å². The molecule has 2 aliphatic carbocycles. The maximum Gasteiger partial charge on any atom is 0.0215 e. The summed E-state index contributed by atoms with van der Waals surface area (Å²) in [5.74, 6) is 0. The third-order valence-electron chi connectivity index (χ3n) is 19.3. The first-order valence-corrected chi connectivity index (χ1v) is 31.5. The number of fused-ring (bicyclic) bond motifs is 2. The predicted octanol–water partition coefficient (Wildman–Crippen LogP) is 24.1. The molecule has 2 aliphatic rings. The summed E-state index contributed by atoms with van der Waals surface area (Å²) >= 11 is 0. The molecule has 0 unspecified atom stereocenters. The maximum atomic E-state index is 2.74. The second kappa shape index (κ2) is 24.1. The van der Waals surface area contributed by atoms with Crippen molar-refractivity contribution in [3.05, 3.63) is 156 Å². The quantitative estimate of drug-likeness (QED) is 0.0239. The first-order valence-electron chi connectivity index (χ1n) is 31.5. The van der Waals surface area contributed by atoms with Crippen LogP contribution >= 0.6 is 0 Å². The van der Waals surface area contributed by atoms with Gasteiger partial charge in [0.1, 0.15) is 0 Å². The Bertz CT molecular complexity index is 3130. The Balaban J connectivity index is 1.07. The van der Waals surface area contributed by atoms with Crippen LogP contribution in [0.15, 0.2) is 133 Å². The molecule has 0 atom stereocenters. The van der Waals surface area contributed by atoms with Gasteiger partial charge in [-0.1, -0.05) is 291 Å². The highest BCUT2D eigenvalue weighted by atomic mass is 14.5. The Labute approximate surface area is 458 Å². The fourth-order valence-corrected chi connectivity index (χ4v) is 15.5. The third kappa shape index (κ3) is 9.81. The molecule has 0 amide bonds. The van der Waals surface area contributed by atoms with Gasteiger partial charge < -0.3 is 0 Å². The summed E-state index contributed by atoms with van der Waals surface area (Å²) in [7, 11) is 0. The minimum atomic E-state index is 0.0206. The fourth-order valence-electron chi connectivity index (χ4n) is 15.5. The van der Waals surface area contributed by atoms with E-state index in [9.17, 15) is 0 Å². The number of unbranched alkanes of at least 4 members (excludes halogenated alkanes) is 20. The van der Waals surface area contributed by atoms with Gasteiger partial charge in [-0.3, -0.25) is 0 Å². The highest BCUT2D eigenvalue weighted by Gasteiger charge is 2.43. The van der Waals surface area contributed by atoms with E-state index in [0.717, 1.165) is 0 Å². The molecule has 0 aliphatic heterocycles. The lowest BCUT2D eigenvalue weighted by Crippen LogP contribution is -2.26. The fraction of sp³-hybridized carbons (Fsp3) is 0.447. The summed E-state index contributed by atoms with van der Waals surface area (Å²) in [5, 5.41) is 17.3. The SMILES string of the molecule is CCCCCCCCC1(CCCCCCCC)c2cccc3ccc4cc(-c5c6ccccc6c(-c6cc7c8c(ccc9cccc(c98)C7(CCCCCCCC)CCCCCCCC)c6)c6ccccc56)cc1c4c23. The van der Waals surface area contributed by atoms with E-state index in [1.807, 2.05) is 0 Å². The molecule has 9 aromatic rings. The second-order valence-corrected chi connectivity index (χ2v) is 24.3. The molecular weight excluding hydrogens is 913 g/mol. The number of rotatable bonds is 30. The van der Waals surface area contributed by atoms with Crippen LogP contribution in [-0.4, -0.2) is 0 Å². The topological polar surface area (TPSA) is 0 Å². The number of hydrogen-bond donors (Lipinski definition) is 0. The summed E-state index contributed by atoms with van der Waals surface area (Å²) in [4.78, 5) is 0. The summed E-state index contributed by atoms with van der Waals surface area (Å²) in [6.07, 6.45) is 36.9. The zero-order chi connectivity index (χ0) is 51.9. The summed E-state index contributed by atoms with van der Waals surface area (Å²) in [6.45, 7) is 9.38. The van der Waals surface area contributed by atoms with Crippen LogP contribution < -0.4 is 0 Å². The van der Waals surface area contributed by atoms with Crippen LogP contribution in [-0.2, 0) is 10.8 Å². The Hall–Kier alpha value is -5.46. The molecule has 0 spiro atoms. The van der Waals surface area contributed by atoms with Crippen molar-refractivity contribution in [3.63, 3.8) is 0 Å². The van der Waals surface area contributed by atoms with Gasteiger partial charge in [0, 0.05) is 10.8 Å². The first-order chi connectivity index (χ1) is 37.6. The van der Waals surface area contributed by atoms with Crippen molar-refractivity contribution in [3.8, 4) is 22.3 Å². The van der Waals surface area contributed by atoms with Crippen LogP contribution in [0.2, 0.25) is 0 Å². The van der Waals surface area contributed by atoms with Gasteiger partial charge in [-0.25, -0.2) is 0 Å². The Kier molecular flexibility index (Phi) is 16.6. The molecule has 11 rings (SSSR count). The first kappa shape index (κ1) is 52.6. The van der Waals surface area contributed by atoms with Crippen LogP contribution in [0, 0.1) is 0 Å². The van der Waals surface area contributed by atoms with E-state index in [-0.39, 0.29) is 10.8 Å². The van der Waals surface area contributed by atoms with E-state index >= 15 is 0 Å². The lowest BCUT2D eigenvalue weighted by molar-refractivity contribution is 0.399. The largest absolute Gasteiger partial charge is 0.0654 e. The molecule has 0 bridgehead atoms. The minimum Gasteiger partial charge on any atom is -0.0654 e. The van der Waals surface area contributed by atoms with E-state index in [2.05, 4.69) is 161 Å². The summed E-state index contributed by atoms with van der Waals surface area (Å²) < 4.78 is 0. The Morgan fingerprint density at radius 2 is 0.539 bits per heavy atom. The molecule has 0 fully saturated rings. The molecule has 0 radical (unpaired) electrons. The van der Waals surface area contributed by atoms with E-state index in [4.69, 9.17) is 0 Å². The van der Waals surface area contributed by atoms with Crippen LogP contribution in [0.3, 0.4) is 0 Å². The van der Waals surface area contributed by atoms with Crippen molar-refractivity contribution in [1.29, 1.82) is 0 Å². The Morgan fingerprint density at radius 3 is 0.868 bits per heavy atom. The van der Waals surface area contributed by atoms with Crippen molar-refractivity contribution in [2.24, 2.45) is 0 Å². The Morgan fingerprint density at radius 1 is 0.250 bits per heavy atom. The molecule has 0 heterocycles. The van der Waals surface area contributed by atoms with Crippen molar-refractivity contribution in [1.82, 2.24) is 0 Å². The van der Waals surface area contributed by atoms with Crippen molar-refractivity contribution >= 4 is 64.6 Å². The van der Waals surface area contributed by atoms with Crippen molar-refractivity contribution in [2.75, 3.05) is 0 Å². The minimum absolute atomic E-state index is 0.0206. The van der Waals surface area contributed by atoms with Crippen LogP contribution in [0.4, 0.5) is 0 Å². The van der Waals surface area contributed by atoms with Gasteiger partial charge in [0.2, 0.25) is 0 Å². The van der Waals surface area contributed by atoms with Gasteiger partial charge >= 0.3 is 0 Å². The summed E-state index contributed by atoms with van der Waals surface area (Å²) in [6, 6.07) is 54.2. The van der Waals surface area contributed by atoms with Crippen LogP contribution in [0.25, 0.3) is 86.9 Å². The predicted molar refractivity (Wildman–Crippen MR) is 336 cm³/mol. The lowest BCUT2D eigenvalue weighted by atomic mass is 9.69. The second-order valence-electron chi connectivity index (χ2n) is 24.3. The van der Waals surface area contributed by atoms with E-state index in [1.165, 1.54) is 267 Å². The van der Waals surface area contributed by atoms with Gasteiger partial charge in [0.15, 0.2) is 0 Å². The molecule has 0 aromatic heterocycles. The summed E-state index contributed by atoms with van der Waals surface area (Å²) in [5.41, 5.74) is 12.1. The van der Waals surface area contributed by atoms with Crippen LogP contribution in [0.5, 0.6) is 0 Å². The highest BCUT2D eigenvalue weighted by molar-refractivity contribution is 6.24. The number of hydrogen-bond acceptors (Lipinski definition) is 0. The van der Waals surface area contributed by atoms with E-state index in [0.29, 0.717) is 0 Å². The van der Waals surface area contributed by atoms with Gasteiger partial charge in [0.05, 0.1) is 0 Å². The van der Waals surface area contributed by atoms with Crippen molar-refractivity contribution < 1.29 is 0 Å². The van der Waals surface area contributed by atoms with E-state index in [1.54, 1.807) is 22.3 Å². The molecule has 0 saturated heterocycles. The van der Waals surface area contributed by atoms with Gasteiger partial charge in [-0.05, 0) is 159 Å². The van der Waals surface area contributed by atoms with Gasteiger partial charge in [0.25, 0.3) is 0 Å². The number of benzene rings is 9. The van der Waals surface area contributed by atoms with Crippen molar-refractivity contribution in [2.45, 2.75) is 218 Å². The average molecular weight is 1000 g/mol. The molecule has 76 heavy (non-hydrogen) atoms. The third-order valence-corrected chi connectivity index (χ3v) is 19.3. The molecule has 9 aromatic carbocycles. The maximum absolute atomic E-state index is 2.74. The molecule has 394 valence electrons.